The fraction of sp³-hybridized carbons (Fsp3) is 0.600. The van der Waals surface area contributed by atoms with Crippen LogP contribution in [0.3, 0.4) is 0 Å². The van der Waals surface area contributed by atoms with Crippen molar-refractivity contribution >= 4 is 40.8 Å². The highest BCUT2D eigenvalue weighted by molar-refractivity contribution is 6.18. The molecular weight excluding hydrogens is 401 g/mol. The third kappa shape index (κ3) is 7.86. The summed E-state index contributed by atoms with van der Waals surface area (Å²) in [5.74, 6) is 0.149. The van der Waals surface area contributed by atoms with Crippen LogP contribution in [0.25, 0.3) is 0 Å². The highest BCUT2D eigenvalue weighted by Crippen LogP contribution is 2.17. The Bertz CT molecular complexity index is 605. The highest BCUT2D eigenvalue weighted by atomic mass is 35.5. The molecule has 28 heavy (non-hydrogen) atoms. The molecule has 6 nitrogen and oxygen atoms in total. The van der Waals surface area contributed by atoms with Gasteiger partial charge in [0.25, 0.3) is 0 Å². The average molecular weight is 432 g/mol. The van der Waals surface area contributed by atoms with E-state index in [1.54, 1.807) is 6.92 Å². The molecule has 2 atom stereocenters. The minimum atomic E-state index is -0.787. The Labute approximate surface area is 177 Å². The minimum absolute atomic E-state index is 0.0306. The number of ether oxygens (including phenoxy) is 1. The van der Waals surface area contributed by atoms with Gasteiger partial charge in [0.05, 0.1) is 12.6 Å². The molecule has 3 N–H and O–H groups in total. The molecule has 0 radical (unpaired) electrons. The number of amides is 1. The molecule has 0 spiro atoms. The van der Waals surface area contributed by atoms with Crippen LogP contribution in [-0.4, -0.2) is 55.4 Å². The summed E-state index contributed by atoms with van der Waals surface area (Å²) in [6.45, 7) is 7.08. The van der Waals surface area contributed by atoms with E-state index in [0.29, 0.717) is 31.3 Å². The topological polar surface area (TPSA) is 84.7 Å². The molecule has 1 amide bonds. The molecule has 158 valence electrons. The van der Waals surface area contributed by atoms with Gasteiger partial charge in [0.2, 0.25) is 5.91 Å². The van der Waals surface area contributed by atoms with Crippen LogP contribution in [0.2, 0.25) is 0 Å². The van der Waals surface area contributed by atoms with E-state index in [1.807, 2.05) is 38.1 Å². The zero-order chi connectivity index (χ0) is 21.1. The summed E-state index contributed by atoms with van der Waals surface area (Å²) in [6, 6.07) is 6.29. The van der Waals surface area contributed by atoms with Gasteiger partial charge >= 0.3 is 5.97 Å². The SMILES string of the molecule is CCOC(=O)[C@H](Cc1ccc(N(CCCl)CCCl)cc1)NC(=O)[C@@H](N)C(C)C. The molecule has 8 heteroatoms. The third-order valence-corrected chi connectivity index (χ3v) is 4.70. The van der Waals surface area contributed by atoms with Crippen molar-refractivity contribution in [3.8, 4) is 0 Å². The molecule has 0 heterocycles. The molecule has 0 aromatic heterocycles. The maximum atomic E-state index is 12.3. The zero-order valence-electron chi connectivity index (χ0n) is 16.8. The summed E-state index contributed by atoms with van der Waals surface area (Å²) in [5, 5.41) is 2.73. The van der Waals surface area contributed by atoms with Gasteiger partial charge in [-0.2, -0.15) is 0 Å². The number of hydrogen-bond donors (Lipinski definition) is 2. The number of nitrogens with two attached hydrogens (primary N) is 1. The first-order valence-electron chi connectivity index (χ1n) is 9.52. The van der Waals surface area contributed by atoms with Gasteiger partial charge < -0.3 is 20.7 Å². The van der Waals surface area contributed by atoms with E-state index in [-0.39, 0.29) is 18.4 Å². The van der Waals surface area contributed by atoms with Crippen molar-refractivity contribution in [2.75, 3.05) is 36.4 Å². The first kappa shape index (κ1) is 24.5. The Morgan fingerprint density at radius 1 is 1.14 bits per heavy atom. The number of carbonyl (C=O) groups is 2. The number of nitrogens with zero attached hydrogens (tertiary/aromatic N) is 1. The molecule has 0 unspecified atom stereocenters. The van der Waals surface area contributed by atoms with Crippen molar-refractivity contribution in [1.82, 2.24) is 5.32 Å². The quantitative estimate of drug-likeness (QED) is 0.392. The average Bonchev–Trinajstić information content (AvgIpc) is 2.67. The zero-order valence-corrected chi connectivity index (χ0v) is 18.3. The van der Waals surface area contributed by atoms with Gasteiger partial charge in [-0.1, -0.05) is 26.0 Å². The molecule has 1 rings (SSSR count). The predicted octanol–water partition coefficient (Wildman–Crippen LogP) is 2.54. The van der Waals surface area contributed by atoms with Crippen LogP contribution in [0.1, 0.15) is 26.3 Å². The Morgan fingerprint density at radius 2 is 1.71 bits per heavy atom. The maximum Gasteiger partial charge on any atom is 0.328 e. The summed E-state index contributed by atoms with van der Waals surface area (Å²) in [4.78, 5) is 26.7. The molecule has 1 aromatic rings. The smallest absolute Gasteiger partial charge is 0.328 e. The van der Waals surface area contributed by atoms with Crippen LogP contribution in [0, 0.1) is 5.92 Å². The van der Waals surface area contributed by atoms with Gasteiger partial charge in [0.15, 0.2) is 0 Å². The lowest BCUT2D eigenvalue weighted by Crippen LogP contribution is -2.51. The molecular formula is C20H31Cl2N3O3. The van der Waals surface area contributed by atoms with E-state index >= 15 is 0 Å². The largest absolute Gasteiger partial charge is 0.464 e. The lowest BCUT2D eigenvalue weighted by atomic mass is 10.0. The summed E-state index contributed by atoms with van der Waals surface area (Å²) in [5.41, 5.74) is 7.80. The molecule has 0 aliphatic rings. The van der Waals surface area contributed by atoms with Gasteiger partial charge in [0, 0.05) is 37.0 Å². The third-order valence-electron chi connectivity index (χ3n) is 4.36. The number of halogens is 2. The number of carbonyl (C=O) groups excluding carboxylic acids is 2. The van der Waals surface area contributed by atoms with Crippen molar-refractivity contribution in [1.29, 1.82) is 0 Å². The second-order valence-corrected chi connectivity index (χ2v) is 7.57. The van der Waals surface area contributed by atoms with E-state index in [9.17, 15) is 9.59 Å². The van der Waals surface area contributed by atoms with Crippen molar-refractivity contribution in [3.05, 3.63) is 29.8 Å². The molecule has 0 saturated heterocycles. The molecule has 0 aliphatic carbocycles. The van der Waals surface area contributed by atoms with Crippen LogP contribution in [-0.2, 0) is 20.7 Å². The van der Waals surface area contributed by atoms with Crippen molar-refractivity contribution in [3.63, 3.8) is 0 Å². The first-order valence-corrected chi connectivity index (χ1v) is 10.6. The standard InChI is InChI=1S/C20H31Cl2N3O3/c1-4-28-20(27)17(24-19(26)18(23)14(2)3)13-15-5-7-16(8-6-15)25(11-9-21)12-10-22/h5-8,14,17-18H,4,9-13,23H2,1-3H3,(H,24,26)/t17-,18-/m0/s1. The fourth-order valence-corrected chi connectivity index (χ4v) is 3.07. The van der Waals surface area contributed by atoms with Gasteiger partial charge in [0.1, 0.15) is 6.04 Å². The number of hydrogen-bond acceptors (Lipinski definition) is 5. The number of esters is 1. The summed E-state index contributed by atoms with van der Waals surface area (Å²) in [6.07, 6.45) is 0.320. The number of alkyl halides is 2. The van der Waals surface area contributed by atoms with Gasteiger partial charge in [-0.3, -0.25) is 4.79 Å². The first-order chi connectivity index (χ1) is 13.3. The maximum absolute atomic E-state index is 12.3. The second-order valence-electron chi connectivity index (χ2n) is 6.82. The summed E-state index contributed by atoms with van der Waals surface area (Å²) in [7, 11) is 0. The van der Waals surface area contributed by atoms with Crippen LogP contribution in [0.15, 0.2) is 24.3 Å². The monoisotopic (exact) mass is 431 g/mol. The van der Waals surface area contributed by atoms with E-state index in [0.717, 1.165) is 11.3 Å². The number of benzene rings is 1. The Kier molecular flexibility index (Phi) is 11.3. The van der Waals surface area contributed by atoms with Crippen LogP contribution in [0.5, 0.6) is 0 Å². The molecule has 0 aliphatic heterocycles. The molecule has 0 saturated carbocycles. The van der Waals surface area contributed by atoms with E-state index < -0.39 is 18.1 Å². The van der Waals surface area contributed by atoms with E-state index in [4.69, 9.17) is 33.7 Å². The Hall–Kier alpha value is -1.50. The summed E-state index contributed by atoms with van der Waals surface area (Å²) >= 11 is 11.7. The van der Waals surface area contributed by atoms with Crippen LogP contribution < -0.4 is 16.0 Å². The van der Waals surface area contributed by atoms with Crippen molar-refractivity contribution < 1.29 is 14.3 Å². The van der Waals surface area contributed by atoms with Gasteiger partial charge in [-0.15, -0.1) is 23.2 Å². The molecule has 0 fully saturated rings. The van der Waals surface area contributed by atoms with Gasteiger partial charge in [-0.25, -0.2) is 4.79 Å². The van der Waals surface area contributed by atoms with Gasteiger partial charge in [-0.05, 0) is 30.5 Å². The lowest BCUT2D eigenvalue weighted by Gasteiger charge is -2.24. The fourth-order valence-electron chi connectivity index (χ4n) is 2.66. The van der Waals surface area contributed by atoms with E-state index in [2.05, 4.69) is 10.2 Å². The van der Waals surface area contributed by atoms with Crippen LogP contribution in [0.4, 0.5) is 5.69 Å². The number of rotatable bonds is 12. The summed E-state index contributed by atoms with van der Waals surface area (Å²) < 4.78 is 5.11. The lowest BCUT2D eigenvalue weighted by molar-refractivity contribution is -0.147. The highest BCUT2D eigenvalue weighted by Gasteiger charge is 2.26. The van der Waals surface area contributed by atoms with E-state index in [1.165, 1.54) is 0 Å². The Balaban J connectivity index is 2.90. The second kappa shape index (κ2) is 12.9. The normalized spacial score (nSPS) is 13.1. The van der Waals surface area contributed by atoms with Crippen molar-refractivity contribution in [2.45, 2.75) is 39.3 Å². The minimum Gasteiger partial charge on any atom is -0.464 e. The Morgan fingerprint density at radius 3 is 2.18 bits per heavy atom. The molecule has 0 bridgehead atoms. The molecule has 1 aromatic carbocycles. The van der Waals surface area contributed by atoms with Crippen molar-refractivity contribution in [2.24, 2.45) is 11.7 Å². The number of anilines is 1. The number of nitrogens with one attached hydrogen (secondary N) is 1. The predicted molar refractivity (Wildman–Crippen MR) is 115 cm³/mol. The van der Waals surface area contributed by atoms with Crippen LogP contribution >= 0.6 is 23.2 Å².